The quantitative estimate of drug-likeness (QED) is 0.820. The molecular formula is C18H28N2O2. The number of likely N-dealkylation sites (tertiary alicyclic amines) is 1. The van der Waals surface area contributed by atoms with Gasteiger partial charge in [0.15, 0.2) is 0 Å². The highest BCUT2D eigenvalue weighted by Crippen LogP contribution is 2.23. The van der Waals surface area contributed by atoms with Gasteiger partial charge in [0, 0.05) is 19.5 Å². The molecule has 2 rings (SSSR count). The summed E-state index contributed by atoms with van der Waals surface area (Å²) in [6.45, 7) is 4.59. The standard InChI is InChI=1S/C18H28N2O2/c1-2-13-22-17-9-7-15(14-16(17)19)8-10-18(21)20-11-5-3-4-6-12-20/h7,9,14H,2-6,8,10-13,19H2,1H3. The maximum atomic E-state index is 12.3. The average molecular weight is 304 g/mol. The molecule has 0 bridgehead atoms. The number of hydrogen-bond acceptors (Lipinski definition) is 3. The van der Waals surface area contributed by atoms with Gasteiger partial charge in [0.25, 0.3) is 0 Å². The lowest BCUT2D eigenvalue weighted by molar-refractivity contribution is -0.131. The third-order valence-corrected chi connectivity index (χ3v) is 4.12. The number of carbonyl (C=O) groups is 1. The number of carbonyl (C=O) groups excluding carboxylic acids is 1. The maximum Gasteiger partial charge on any atom is 0.222 e. The molecule has 4 heteroatoms. The van der Waals surface area contributed by atoms with Crippen molar-refractivity contribution in [1.29, 1.82) is 0 Å². The molecule has 0 radical (unpaired) electrons. The van der Waals surface area contributed by atoms with Crippen LogP contribution >= 0.6 is 0 Å². The summed E-state index contributed by atoms with van der Waals surface area (Å²) in [5.41, 5.74) is 7.77. The zero-order valence-electron chi connectivity index (χ0n) is 13.6. The molecule has 0 aromatic heterocycles. The van der Waals surface area contributed by atoms with Gasteiger partial charge in [-0.1, -0.05) is 25.8 Å². The molecule has 1 aliphatic rings. The van der Waals surface area contributed by atoms with Crippen LogP contribution in [0.3, 0.4) is 0 Å². The Labute approximate surface area is 133 Å². The molecule has 1 heterocycles. The van der Waals surface area contributed by atoms with Crippen molar-refractivity contribution in [1.82, 2.24) is 4.90 Å². The van der Waals surface area contributed by atoms with Crippen LogP contribution in [-0.2, 0) is 11.2 Å². The zero-order chi connectivity index (χ0) is 15.8. The average Bonchev–Trinajstić information content (AvgIpc) is 2.81. The van der Waals surface area contributed by atoms with Crippen LogP contribution in [0.1, 0.15) is 51.0 Å². The Morgan fingerprint density at radius 3 is 2.59 bits per heavy atom. The summed E-state index contributed by atoms with van der Waals surface area (Å²) in [5.74, 6) is 1.01. The number of nitrogens with zero attached hydrogens (tertiary/aromatic N) is 1. The Kier molecular flexibility index (Phi) is 6.56. The highest BCUT2D eigenvalue weighted by molar-refractivity contribution is 5.76. The lowest BCUT2D eigenvalue weighted by atomic mass is 10.1. The van der Waals surface area contributed by atoms with Crippen molar-refractivity contribution in [2.75, 3.05) is 25.4 Å². The first-order valence-corrected chi connectivity index (χ1v) is 8.49. The summed E-state index contributed by atoms with van der Waals surface area (Å²) < 4.78 is 5.58. The van der Waals surface area contributed by atoms with Crippen LogP contribution in [0.2, 0.25) is 0 Å². The van der Waals surface area contributed by atoms with Gasteiger partial charge in [0.2, 0.25) is 5.91 Å². The molecule has 1 saturated heterocycles. The number of benzene rings is 1. The molecule has 4 nitrogen and oxygen atoms in total. The second-order valence-corrected chi connectivity index (χ2v) is 6.02. The molecule has 0 unspecified atom stereocenters. The molecule has 2 N–H and O–H groups in total. The molecule has 0 atom stereocenters. The highest BCUT2D eigenvalue weighted by atomic mass is 16.5. The van der Waals surface area contributed by atoms with Crippen LogP contribution in [0.25, 0.3) is 0 Å². The minimum atomic E-state index is 0.270. The third kappa shape index (κ3) is 4.93. The van der Waals surface area contributed by atoms with Gasteiger partial charge < -0.3 is 15.4 Å². The normalized spacial score (nSPS) is 15.4. The first-order chi connectivity index (χ1) is 10.7. The molecule has 1 amide bonds. The molecule has 22 heavy (non-hydrogen) atoms. The van der Waals surface area contributed by atoms with E-state index in [1.807, 2.05) is 23.1 Å². The van der Waals surface area contributed by atoms with Crippen LogP contribution in [0.4, 0.5) is 5.69 Å². The third-order valence-electron chi connectivity index (χ3n) is 4.12. The van der Waals surface area contributed by atoms with Crippen molar-refractivity contribution in [2.45, 2.75) is 51.9 Å². The summed E-state index contributed by atoms with van der Waals surface area (Å²) in [5, 5.41) is 0. The molecule has 1 aliphatic heterocycles. The highest BCUT2D eigenvalue weighted by Gasteiger charge is 2.15. The van der Waals surface area contributed by atoms with E-state index in [9.17, 15) is 4.79 Å². The lowest BCUT2D eigenvalue weighted by Gasteiger charge is -2.20. The fourth-order valence-electron chi connectivity index (χ4n) is 2.83. The van der Waals surface area contributed by atoms with Crippen LogP contribution < -0.4 is 10.5 Å². The Morgan fingerprint density at radius 2 is 1.95 bits per heavy atom. The van der Waals surface area contributed by atoms with Crippen molar-refractivity contribution < 1.29 is 9.53 Å². The van der Waals surface area contributed by atoms with E-state index in [0.29, 0.717) is 18.7 Å². The van der Waals surface area contributed by atoms with Gasteiger partial charge in [0.05, 0.1) is 12.3 Å². The van der Waals surface area contributed by atoms with E-state index in [4.69, 9.17) is 10.5 Å². The number of rotatable bonds is 6. The van der Waals surface area contributed by atoms with E-state index >= 15 is 0 Å². The summed E-state index contributed by atoms with van der Waals surface area (Å²) >= 11 is 0. The predicted molar refractivity (Wildman–Crippen MR) is 90.0 cm³/mol. The fourth-order valence-corrected chi connectivity index (χ4v) is 2.83. The molecule has 0 spiro atoms. The minimum absolute atomic E-state index is 0.270. The SMILES string of the molecule is CCCOc1ccc(CCC(=O)N2CCCCCC2)cc1N. The van der Waals surface area contributed by atoms with Gasteiger partial charge in [-0.3, -0.25) is 4.79 Å². The van der Waals surface area contributed by atoms with Crippen molar-refractivity contribution >= 4 is 11.6 Å². The predicted octanol–water partition coefficient (Wildman–Crippen LogP) is 3.39. The number of aryl methyl sites for hydroxylation is 1. The summed E-state index contributed by atoms with van der Waals surface area (Å²) in [6.07, 6.45) is 7.05. The van der Waals surface area contributed by atoms with Gasteiger partial charge in [-0.2, -0.15) is 0 Å². The van der Waals surface area contributed by atoms with Crippen LogP contribution in [-0.4, -0.2) is 30.5 Å². The molecule has 1 fully saturated rings. The topological polar surface area (TPSA) is 55.6 Å². The number of amides is 1. The van der Waals surface area contributed by atoms with E-state index in [1.54, 1.807) is 0 Å². The van der Waals surface area contributed by atoms with Gasteiger partial charge in [-0.15, -0.1) is 0 Å². The van der Waals surface area contributed by atoms with Crippen molar-refractivity contribution in [2.24, 2.45) is 0 Å². The first-order valence-electron chi connectivity index (χ1n) is 8.49. The molecular weight excluding hydrogens is 276 g/mol. The van der Waals surface area contributed by atoms with Crippen LogP contribution in [0, 0.1) is 0 Å². The van der Waals surface area contributed by atoms with E-state index in [2.05, 4.69) is 6.92 Å². The molecule has 1 aromatic carbocycles. The van der Waals surface area contributed by atoms with Crippen molar-refractivity contribution in [3.05, 3.63) is 23.8 Å². The summed E-state index contributed by atoms with van der Waals surface area (Å²) in [6, 6.07) is 5.86. The van der Waals surface area contributed by atoms with E-state index < -0.39 is 0 Å². The number of ether oxygens (including phenoxy) is 1. The molecule has 1 aromatic rings. The van der Waals surface area contributed by atoms with Gasteiger partial charge in [-0.05, 0) is 43.4 Å². The first kappa shape index (κ1) is 16.7. The molecule has 0 aliphatic carbocycles. The number of nitrogens with two attached hydrogens (primary N) is 1. The maximum absolute atomic E-state index is 12.3. The lowest BCUT2D eigenvalue weighted by Crippen LogP contribution is -2.31. The van der Waals surface area contributed by atoms with Crippen molar-refractivity contribution in [3.63, 3.8) is 0 Å². The van der Waals surface area contributed by atoms with Crippen LogP contribution in [0.15, 0.2) is 18.2 Å². The second-order valence-electron chi connectivity index (χ2n) is 6.02. The Hall–Kier alpha value is -1.71. The van der Waals surface area contributed by atoms with Gasteiger partial charge in [-0.25, -0.2) is 0 Å². The Morgan fingerprint density at radius 1 is 1.23 bits per heavy atom. The van der Waals surface area contributed by atoms with Gasteiger partial charge in [0.1, 0.15) is 5.75 Å². The van der Waals surface area contributed by atoms with E-state index in [0.717, 1.165) is 50.1 Å². The Balaban J connectivity index is 1.85. The Bertz CT molecular complexity index is 480. The largest absolute Gasteiger partial charge is 0.491 e. The number of hydrogen-bond donors (Lipinski definition) is 1. The number of nitrogen functional groups attached to an aromatic ring is 1. The minimum Gasteiger partial charge on any atom is -0.491 e. The van der Waals surface area contributed by atoms with Crippen molar-refractivity contribution in [3.8, 4) is 5.75 Å². The molecule has 0 saturated carbocycles. The smallest absolute Gasteiger partial charge is 0.222 e. The molecule has 122 valence electrons. The zero-order valence-corrected chi connectivity index (χ0v) is 13.6. The summed E-state index contributed by atoms with van der Waals surface area (Å²) in [7, 11) is 0. The fraction of sp³-hybridized carbons (Fsp3) is 0.611. The van der Waals surface area contributed by atoms with E-state index in [-0.39, 0.29) is 5.91 Å². The monoisotopic (exact) mass is 304 g/mol. The second kappa shape index (κ2) is 8.66. The van der Waals surface area contributed by atoms with E-state index in [1.165, 1.54) is 12.8 Å². The van der Waals surface area contributed by atoms with Gasteiger partial charge >= 0.3 is 0 Å². The summed E-state index contributed by atoms with van der Waals surface area (Å²) in [4.78, 5) is 14.3. The van der Waals surface area contributed by atoms with Crippen LogP contribution in [0.5, 0.6) is 5.75 Å². The number of anilines is 1.